The molecule has 12 nitrogen and oxygen atoms in total. The monoisotopic (exact) mass is 898 g/mol. The van der Waals surface area contributed by atoms with E-state index in [1.807, 2.05) is 18.3 Å². The first-order valence-electron chi connectivity index (χ1n) is 23.3. The van der Waals surface area contributed by atoms with Gasteiger partial charge >= 0.3 is 12.1 Å². The van der Waals surface area contributed by atoms with Crippen molar-refractivity contribution in [2.24, 2.45) is 5.41 Å². The number of hydrogen-bond acceptors (Lipinski definition) is 8. The first-order valence-corrected chi connectivity index (χ1v) is 25.4. The highest BCUT2D eigenvalue weighted by Crippen LogP contribution is 2.45. The fourth-order valence-corrected chi connectivity index (χ4v) is 15.0. The van der Waals surface area contributed by atoms with Crippen LogP contribution in [-0.4, -0.2) is 81.9 Å². The minimum Gasteiger partial charge on any atom is -0.543 e. The van der Waals surface area contributed by atoms with Crippen LogP contribution in [0.3, 0.4) is 0 Å². The number of carboxylic acid groups (broad SMARTS) is 1. The van der Waals surface area contributed by atoms with Crippen LogP contribution in [0.4, 0.5) is 4.79 Å². The van der Waals surface area contributed by atoms with E-state index in [1.165, 1.54) is 5.01 Å². The van der Waals surface area contributed by atoms with Gasteiger partial charge in [0.1, 0.15) is 23.4 Å². The molecule has 13 heteroatoms. The van der Waals surface area contributed by atoms with Crippen LogP contribution in [0, 0.1) is 5.41 Å². The summed E-state index contributed by atoms with van der Waals surface area (Å²) in [5.74, 6) is -0.606. The molecule has 5 rings (SSSR count). The average molecular weight is 898 g/mol. The zero-order valence-electron chi connectivity index (χ0n) is 40.9. The molecule has 0 saturated carbocycles. The summed E-state index contributed by atoms with van der Waals surface area (Å²) in [4.78, 5) is 44.7. The van der Waals surface area contributed by atoms with Crippen LogP contribution in [0.1, 0.15) is 133 Å². The quantitative estimate of drug-likeness (QED) is 0.0758. The molecule has 64 heavy (non-hydrogen) atoms. The van der Waals surface area contributed by atoms with Gasteiger partial charge in [-0.2, -0.15) is 0 Å². The summed E-state index contributed by atoms with van der Waals surface area (Å²) < 4.78 is 15.4. The van der Waals surface area contributed by atoms with Gasteiger partial charge in [0.2, 0.25) is 0 Å². The van der Waals surface area contributed by atoms with Crippen molar-refractivity contribution >= 4 is 37.2 Å². The van der Waals surface area contributed by atoms with Gasteiger partial charge in [-0.05, 0) is 134 Å². The molecule has 4 aromatic rings. The normalized spacial score (nSPS) is 15.7. The van der Waals surface area contributed by atoms with Gasteiger partial charge < -0.3 is 29.3 Å². The summed E-state index contributed by atoms with van der Waals surface area (Å²) >= 11 is 0. The smallest absolute Gasteiger partial charge is 0.408 e. The molecule has 0 aliphatic carbocycles. The number of pyridine rings is 1. The van der Waals surface area contributed by atoms with E-state index in [0.29, 0.717) is 48.2 Å². The van der Waals surface area contributed by atoms with E-state index in [9.17, 15) is 24.6 Å². The van der Waals surface area contributed by atoms with Crippen LogP contribution in [0.2, 0.25) is 16.6 Å². The van der Waals surface area contributed by atoms with E-state index in [4.69, 9.17) is 14.1 Å². The van der Waals surface area contributed by atoms with Crippen LogP contribution in [-0.2, 0) is 33.7 Å². The van der Waals surface area contributed by atoms with Crippen molar-refractivity contribution in [1.82, 2.24) is 25.3 Å². The Kier molecular flexibility index (Phi) is 15.9. The number of fused-ring (bicyclic) bond motifs is 1. The first kappa shape index (κ1) is 50.3. The van der Waals surface area contributed by atoms with E-state index >= 15 is 0 Å². The maximum absolute atomic E-state index is 14.4. The number of nitrogens with one attached hydrogen (secondary N) is 2. The molecule has 0 bridgehead atoms. The van der Waals surface area contributed by atoms with Gasteiger partial charge in [-0.1, -0.05) is 81.4 Å². The number of ether oxygens (including phenoxy) is 1. The van der Waals surface area contributed by atoms with Gasteiger partial charge in [-0.15, -0.1) is 0 Å². The van der Waals surface area contributed by atoms with Crippen LogP contribution in [0.5, 0.6) is 5.75 Å². The van der Waals surface area contributed by atoms with Crippen molar-refractivity contribution in [3.63, 3.8) is 0 Å². The van der Waals surface area contributed by atoms with E-state index in [1.54, 1.807) is 20.8 Å². The largest absolute Gasteiger partial charge is 0.543 e. The average Bonchev–Trinajstić information content (AvgIpc) is 3.52. The summed E-state index contributed by atoms with van der Waals surface area (Å²) in [6, 6.07) is 14.9. The third-order valence-electron chi connectivity index (χ3n) is 12.7. The lowest BCUT2D eigenvalue weighted by molar-refractivity contribution is -0.147. The number of aryl methyl sites for hydroxylation is 1. The van der Waals surface area contributed by atoms with Gasteiger partial charge in [-0.25, -0.2) is 10.2 Å². The number of aliphatic hydroxyl groups is 1. The summed E-state index contributed by atoms with van der Waals surface area (Å²) in [6.45, 7) is 30.5. The lowest BCUT2D eigenvalue weighted by Crippen LogP contribution is -2.60. The molecule has 1 aliphatic rings. The molecule has 4 N–H and O–H groups in total. The molecule has 3 heterocycles. The van der Waals surface area contributed by atoms with Crippen LogP contribution >= 0.6 is 0 Å². The number of benzene rings is 2. The first-order chi connectivity index (χ1) is 29.9. The van der Waals surface area contributed by atoms with Crippen LogP contribution in [0.15, 0.2) is 54.7 Å². The van der Waals surface area contributed by atoms with Gasteiger partial charge in [0.25, 0.3) is 14.2 Å². The van der Waals surface area contributed by atoms with Crippen LogP contribution in [0.25, 0.3) is 33.3 Å². The molecule has 350 valence electrons. The molecule has 1 fully saturated rings. The molecule has 2 aromatic carbocycles. The number of rotatable bonds is 17. The molecule has 1 saturated heterocycles. The van der Waals surface area contributed by atoms with Crippen molar-refractivity contribution in [3.05, 3.63) is 71.5 Å². The Labute approximate surface area is 382 Å². The number of nitrogens with zero attached hydrogens (tertiary/aromatic N) is 3. The second-order valence-corrected chi connectivity index (χ2v) is 26.1. The standard InChI is InChI=1S/C51H75N5O7Si/c1-15-55-44-21-20-36(28-40(44)41(29-51(13,14)30-57)46(55)39-18-16-22-52-45(39)31(2)3)37-24-35(25-38(27-37)63-64(32(4)5,33(6)7)34(8)9)26-43(53-49(61)62-50(10,11)12)47(58)56-23-17-19-42(54-56)48(59)60/h16,18,20-22,24-25,27-28,31-34,42-43,54,57H,15,17,19,23,26,29-30H2,1-14H3,(H,53,61)(H,59,60)/t42-,43?/m0/s1. The molecule has 2 amide bonds. The van der Waals surface area contributed by atoms with Crippen molar-refractivity contribution < 1.29 is 33.8 Å². The Hall–Kier alpha value is -4.72. The predicted octanol–water partition coefficient (Wildman–Crippen LogP) is 10.6. The number of carboxylic acids is 1. The van der Waals surface area contributed by atoms with Gasteiger partial charge in [0.05, 0.1) is 11.4 Å². The second kappa shape index (κ2) is 20.2. The predicted molar refractivity (Wildman–Crippen MR) is 259 cm³/mol. The maximum atomic E-state index is 14.4. The Balaban J connectivity index is 1.75. The minimum atomic E-state index is -2.48. The number of hydrazine groups is 1. The third-order valence-corrected chi connectivity index (χ3v) is 18.7. The van der Waals surface area contributed by atoms with E-state index < -0.39 is 49.4 Å². The number of aliphatic carboxylic acids is 1. The molecule has 2 aromatic heterocycles. The summed E-state index contributed by atoms with van der Waals surface area (Å²) in [7, 11) is -2.48. The number of aromatic nitrogens is 2. The van der Waals surface area contributed by atoms with Crippen molar-refractivity contribution in [3.8, 4) is 28.1 Å². The SMILES string of the molecule is CCn1c(-c2cccnc2C(C)C)c(CC(C)(C)CO)c2cc(-c3cc(CC(NC(=O)OC(C)(C)C)C(=O)N4CCC[C@@H](C(=O)O)N4)cc(O[Si](C(C)C)(C(C)C)C(C)C)c3)ccc21. The fraction of sp³-hybridized carbons (Fsp3) is 0.569. The molecular weight excluding hydrogens is 823 g/mol. The maximum Gasteiger partial charge on any atom is 0.408 e. The lowest BCUT2D eigenvalue weighted by atomic mass is 9.84. The van der Waals surface area contributed by atoms with Gasteiger partial charge in [0, 0.05) is 48.8 Å². The highest BCUT2D eigenvalue weighted by molar-refractivity contribution is 6.78. The fourth-order valence-electron chi connectivity index (χ4n) is 9.79. The molecule has 0 spiro atoms. The molecule has 1 unspecified atom stereocenters. The molecule has 0 radical (unpaired) electrons. The number of hydrogen-bond donors (Lipinski definition) is 4. The number of carbonyl (C=O) groups excluding carboxylic acids is 2. The molecule has 1 aliphatic heterocycles. The lowest BCUT2D eigenvalue weighted by Gasteiger charge is -2.42. The second-order valence-electron chi connectivity index (χ2n) is 20.7. The Bertz CT molecular complexity index is 2270. The van der Waals surface area contributed by atoms with E-state index in [0.717, 1.165) is 56.7 Å². The zero-order valence-corrected chi connectivity index (χ0v) is 41.9. The number of carbonyl (C=O) groups is 3. The van der Waals surface area contributed by atoms with E-state index in [-0.39, 0.29) is 18.9 Å². The highest BCUT2D eigenvalue weighted by Gasteiger charge is 2.47. The number of amides is 2. The number of aliphatic hydroxyl groups excluding tert-OH is 1. The molecular formula is C51H75N5O7Si. The Morgan fingerprint density at radius 2 is 1.61 bits per heavy atom. The number of alkyl carbamates (subject to hydrolysis) is 1. The Morgan fingerprint density at radius 1 is 0.938 bits per heavy atom. The van der Waals surface area contributed by atoms with Crippen molar-refractivity contribution in [1.29, 1.82) is 0 Å². The minimum absolute atomic E-state index is 0.0199. The third kappa shape index (κ3) is 11.2. The molecule has 2 atom stereocenters. The summed E-state index contributed by atoms with van der Waals surface area (Å²) in [5, 5.41) is 25.7. The van der Waals surface area contributed by atoms with Gasteiger partial charge in [0.15, 0.2) is 0 Å². The van der Waals surface area contributed by atoms with Crippen molar-refractivity contribution in [2.45, 2.75) is 169 Å². The van der Waals surface area contributed by atoms with Gasteiger partial charge in [-0.3, -0.25) is 19.6 Å². The highest BCUT2D eigenvalue weighted by atomic mass is 28.4. The topological polar surface area (TPSA) is 155 Å². The Morgan fingerprint density at radius 3 is 2.19 bits per heavy atom. The van der Waals surface area contributed by atoms with Crippen molar-refractivity contribution in [2.75, 3.05) is 13.2 Å². The summed E-state index contributed by atoms with van der Waals surface area (Å²) in [5.41, 5.74) is 10.6. The summed E-state index contributed by atoms with van der Waals surface area (Å²) in [6.07, 6.45) is 2.70. The van der Waals surface area contributed by atoms with E-state index in [2.05, 4.69) is 128 Å². The zero-order chi connectivity index (χ0) is 47.5. The van der Waals surface area contributed by atoms with Crippen LogP contribution < -0.4 is 15.2 Å².